The number of aryl methyl sites for hydroxylation is 1. The maximum atomic E-state index is 13.4. The molecule has 9 heteroatoms. The number of benzene rings is 1. The molecule has 3 heterocycles. The first kappa shape index (κ1) is 18.7. The summed E-state index contributed by atoms with van der Waals surface area (Å²) in [5, 5.41) is 10.9. The molecule has 1 aromatic carbocycles. The molecule has 1 fully saturated rings. The van der Waals surface area contributed by atoms with Crippen LogP contribution in [-0.4, -0.2) is 45.1 Å². The number of nitrogens with one attached hydrogen (secondary N) is 2. The molecule has 1 spiro atoms. The van der Waals surface area contributed by atoms with Crippen molar-refractivity contribution < 1.29 is 14.0 Å². The van der Waals surface area contributed by atoms with Gasteiger partial charge in [-0.2, -0.15) is 5.10 Å². The van der Waals surface area contributed by atoms with Crippen molar-refractivity contribution in [2.45, 2.75) is 31.3 Å². The van der Waals surface area contributed by atoms with Gasteiger partial charge in [-0.25, -0.2) is 9.18 Å². The van der Waals surface area contributed by atoms with E-state index in [1.165, 1.54) is 12.1 Å². The number of rotatable bonds is 2. The van der Waals surface area contributed by atoms with Gasteiger partial charge in [0.1, 0.15) is 5.82 Å². The number of hydrogen-bond acceptors (Lipinski definition) is 4. The van der Waals surface area contributed by atoms with Crippen LogP contribution in [-0.2, 0) is 13.6 Å². The first-order valence-corrected chi connectivity index (χ1v) is 9.55. The van der Waals surface area contributed by atoms with E-state index in [0.717, 1.165) is 5.69 Å². The number of ketones is 1. The zero-order valence-electron chi connectivity index (χ0n) is 15.5. The zero-order chi connectivity index (χ0) is 19.9. The van der Waals surface area contributed by atoms with E-state index in [0.29, 0.717) is 55.2 Å². The summed E-state index contributed by atoms with van der Waals surface area (Å²) in [6, 6.07) is 4.07. The molecule has 0 bridgehead atoms. The van der Waals surface area contributed by atoms with Crippen LogP contribution < -0.4 is 10.6 Å². The lowest BCUT2D eigenvalue weighted by Crippen LogP contribution is -2.55. The largest absolute Gasteiger partial charge is 0.378 e. The summed E-state index contributed by atoms with van der Waals surface area (Å²) in [5.74, 6) is -0.470. The highest BCUT2D eigenvalue weighted by Crippen LogP contribution is 2.37. The zero-order valence-corrected chi connectivity index (χ0v) is 16.2. The van der Waals surface area contributed by atoms with E-state index in [-0.39, 0.29) is 17.4 Å². The summed E-state index contributed by atoms with van der Waals surface area (Å²) in [5.41, 5.74) is 1.43. The number of carbonyl (C=O) groups excluding carboxylic acids is 2. The highest BCUT2D eigenvalue weighted by Gasteiger charge is 2.41. The quantitative estimate of drug-likeness (QED) is 0.805. The molecule has 2 N–H and O–H groups in total. The topological polar surface area (TPSA) is 79.3 Å². The van der Waals surface area contributed by atoms with Crippen molar-refractivity contribution in [1.29, 1.82) is 0 Å². The Kier molecular flexibility index (Phi) is 4.74. The first-order chi connectivity index (χ1) is 13.4. The fraction of sp³-hybridized carbons (Fsp3) is 0.421. The van der Waals surface area contributed by atoms with Gasteiger partial charge in [-0.3, -0.25) is 9.48 Å². The molecule has 148 valence electrons. The lowest BCUT2D eigenvalue weighted by molar-refractivity contribution is 0.0915. The molecule has 0 atom stereocenters. The second-order valence-electron chi connectivity index (χ2n) is 7.40. The number of aromatic nitrogens is 2. The molecule has 0 saturated carbocycles. The number of likely N-dealkylation sites (tertiary alicyclic amines) is 1. The fourth-order valence-corrected chi connectivity index (χ4v) is 4.17. The average molecular weight is 406 g/mol. The second-order valence-corrected chi connectivity index (χ2v) is 7.81. The van der Waals surface area contributed by atoms with Crippen LogP contribution in [0, 0.1) is 5.82 Å². The third kappa shape index (κ3) is 3.44. The van der Waals surface area contributed by atoms with Crippen LogP contribution in [0.4, 0.5) is 14.9 Å². The predicted octanol–water partition coefficient (Wildman–Crippen LogP) is 2.96. The molecule has 2 amide bonds. The molecule has 2 aliphatic rings. The molecule has 1 saturated heterocycles. The van der Waals surface area contributed by atoms with Gasteiger partial charge in [-0.1, -0.05) is 11.6 Å². The summed E-state index contributed by atoms with van der Waals surface area (Å²) in [6.07, 6.45) is 3.15. The number of carbonyl (C=O) groups is 2. The van der Waals surface area contributed by atoms with Gasteiger partial charge in [0, 0.05) is 43.3 Å². The number of anilines is 1. The Balaban J connectivity index is 1.37. The number of halogens is 2. The maximum absolute atomic E-state index is 13.4. The van der Waals surface area contributed by atoms with E-state index in [1.807, 2.05) is 0 Å². The van der Waals surface area contributed by atoms with Crippen LogP contribution in [0.1, 0.15) is 35.3 Å². The van der Waals surface area contributed by atoms with Crippen molar-refractivity contribution in [3.05, 3.63) is 46.5 Å². The Labute approximate surface area is 166 Å². The van der Waals surface area contributed by atoms with Crippen molar-refractivity contribution in [2.75, 3.05) is 18.4 Å². The van der Waals surface area contributed by atoms with Crippen LogP contribution in [0.15, 0.2) is 24.4 Å². The number of piperidine rings is 1. The van der Waals surface area contributed by atoms with E-state index in [9.17, 15) is 14.0 Å². The lowest BCUT2D eigenvalue weighted by Gasteiger charge is -2.45. The van der Waals surface area contributed by atoms with Crippen LogP contribution in [0.25, 0.3) is 0 Å². The molecular formula is C19H21ClFN5O2. The van der Waals surface area contributed by atoms with E-state index >= 15 is 0 Å². The second kappa shape index (κ2) is 7.09. The van der Waals surface area contributed by atoms with Crippen LogP contribution >= 0.6 is 11.6 Å². The van der Waals surface area contributed by atoms with Crippen molar-refractivity contribution in [3.8, 4) is 0 Å². The van der Waals surface area contributed by atoms with Crippen molar-refractivity contribution in [2.24, 2.45) is 7.05 Å². The van der Waals surface area contributed by atoms with Gasteiger partial charge in [0.15, 0.2) is 5.78 Å². The van der Waals surface area contributed by atoms with E-state index in [2.05, 4.69) is 15.7 Å². The summed E-state index contributed by atoms with van der Waals surface area (Å²) in [4.78, 5) is 26.7. The Morgan fingerprint density at radius 1 is 1.39 bits per heavy atom. The van der Waals surface area contributed by atoms with Crippen LogP contribution in [0.3, 0.4) is 0 Å². The van der Waals surface area contributed by atoms with Crippen molar-refractivity contribution in [3.63, 3.8) is 0 Å². The summed E-state index contributed by atoms with van der Waals surface area (Å²) < 4.78 is 15.1. The average Bonchev–Trinajstić information content (AvgIpc) is 2.99. The van der Waals surface area contributed by atoms with Gasteiger partial charge >= 0.3 is 6.03 Å². The maximum Gasteiger partial charge on any atom is 0.317 e. The Hall–Kier alpha value is -2.61. The van der Waals surface area contributed by atoms with Crippen molar-refractivity contribution >= 4 is 29.1 Å². The number of Topliss-reactive ketones (excluding diaryl/α,β-unsaturated/α-hetero) is 1. The van der Waals surface area contributed by atoms with Crippen LogP contribution in [0.2, 0.25) is 5.02 Å². The monoisotopic (exact) mass is 405 g/mol. The number of nitrogens with zero attached hydrogens (tertiary/aromatic N) is 3. The summed E-state index contributed by atoms with van der Waals surface area (Å²) >= 11 is 6.06. The standard InChI is InChI=1S/C19H21ClFN5O2/c1-25-16(14(20)10-23-25)11-22-18(28)26-6-4-19(5-7-26)9-17(27)13-8-12(21)2-3-15(13)24-19/h2-3,8,10,24H,4-7,9,11H2,1H3,(H,22,28). The fourth-order valence-electron chi connectivity index (χ4n) is 3.93. The highest BCUT2D eigenvalue weighted by atomic mass is 35.5. The van der Waals surface area contributed by atoms with E-state index in [4.69, 9.17) is 11.6 Å². The van der Waals surface area contributed by atoms with Gasteiger partial charge in [0.05, 0.1) is 23.5 Å². The van der Waals surface area contributed by atoms with Crippen LogP contribution in [0.5, 0.6) is 0 Å². The van der Waals surface area contributed by atoms with E-state index < -0.39 is 5.82 Å². The molecule has 4 rings (SSSR count). The van der Waals surface area contributed by atoms with Gasteiger partial charge in [0.2, 0.25) is 0 Å². The summed E-state index contributed by atoms with van der Waals surface area (Å²) in [6.45, 7) is 1.36. The normalized spacial score (nSPS) is 18.0. The third-order valence-electron chi connectivity index (χ3n) is 5.61. The predicted molar refractivity (Wildman–Crippen MR) is 103 cm³/mol. The lowest BCUT2D eigenvalue weighted by atomic mass is 9.78. The minimum atomic E-state index is -0.412. The minimum Gasteiger partial charge on any atom is -0.378 e. The smallest absolute Gasteiger partial charge is 0.317 e. The van der Waals surface area contributed by atoms with Gasteiger partial charge in [-0.05, 0) is 31.0 Å². The Morgan fingerprint density at radius 3 is 2.82 bits per heavy atom. The van der Waals surface area contributed by atoms with Gasteiger partial charge in [0.25, 0.3) is 0 Å². The molecule has 2 aliphatic heterocycles. The van der Waals surface area contributed by atoms with Crippen molar-refractivity contribution in [1.82, 2.24) is 20.0 Å². The minimum absolute atomic E-state index is 0.0583. The molecule has 0 unspecified atom stereocenters. The molecule has 2 aromatic rings. The molecule has 1 aromatic heterocycles. The third-order valence-corrected chi connectivity index (χ3v) is 5.92. The number of amides is 2. The molecular weight excluding hydrogens is 385 g/mol. The Morgan fingerprint density at radius 2 is 2.14 bits per heavy atom. The SMILES string of the molecule is Cn1ncc(Cl)c1CNC(=O)N1CCC2(CC1)CC(=O)c1cc(F)ccc1N2. The van der Waals surface area contributed by atoms with E-state index in [1.54, 1.807) is 28.9 Å². The molecule has 0 aliphatic carbocycles. The molecule has 0 radical (unpaired) electrons. The number of fused-ring (bicyclic) bond motifs is 1. The number of hydrogen-bond donors (Lipinski definition) is 2. The Bertz CT molecular complexity index is 917. The summed E-state index contributed by atoms with van der Waals surface area (Å²) in [7, 11) is 1.77. The molecule has 7 nitrogen and oxygen atoms in total. The first-order valence-electron chi connectivity index (χ1n) is 9.17. The van der Waals surface area contributed by atoms with Gasteiger partial charge < -0.3 is 15.5 Å². The van der Waals surface area contributed by atoms with Gasteiger partial charge in [-0.15, -0.1) is 0 Å². The molecule has 28 heavy (non-hydrogen) atoms. The number of urea groups is 1. The highest BCUT2D eigenvalue weighted by molar-refractivity contribution is 6.31.